The molecule has 0 aliphatic heterocycles. The van der Waals surface area contributed by atoms with Crippen molar-refractivity contribution in [3.8, 4) is 0 Å². The van der Waals surface area contributed by atoms with Gasteiger partial charge < -0.3 is 0 Å². The number of hydrogen-bond donors (Lipinski definition) is 0. The monoisotopic (exact) mass is 356 g/mol. The van der Waals surface area contributed by atoms with E-state index in [1.165, 1.54) is 16.7 Å². The van der Waals surface area contributed by atoms with Gasteiger partial charge in [-0.15, -0.1) is 11.6 Å². The maximum atomic E-state index is 6.67. The van der Waals surface area contributed by atoms with E-state index in [2.05, 4.69) is 48.8 Å². The lowest BCUT2D eigenvalue weighted by Gasteiger charge is -2.18. The van der Waals surface area contributed by atoms with E-state index in [0.717, 1.165) is 15.6 Å². The molecule has 0 aliphatic carbocycles. The van der Waals surface area contributed by atoms with Crippen molar-refractivity contribution in [2.45, 2.75) is 26.1 Å². The van der Waals surface area contributed by atoms with Crippen LogP contribution < -0.4 is 0 Å². The Morgan fingerprint density at radius 2 is 1.63 bits per heavy atom. The van der Waals surface area contributed by atoms with Gasteiger partial charge in [-0.1, -0.05) is 41.4 Å². The first-order valence-corrected chi connectivity index (χ1v) is 7.68. The van der Waals surface area contributed by atoms with Gasteiger partial charge in [0.15, 0.2) is 0 Å². The third kappa shape index (κ3) is 2.99. The van der Waals surface area contributed by atoms with Gasteiger partial charge >= 0.3 is 0 Å². The lowest BCUT2D eigenvalue weighted by Crippen LogP contribution is -2.01. The molecule has 0 N–H and O–H groups in total. The molecular formula is C16H15BrCl2. The van der Waals surface area contributed by atoms with E-state index in [1.54, 1.807) is 0 Å². The highest BCUT2D eigenvalue weighted by Gasteiger charge is 2.19. The van der Waals surface area contributed by atoms with Crippen LogP contribution in [0.5, 0.6) is 0 Å². The second kappa shape index (κ2) is 5.87. The Hall–Kier alpha value is -0.500. The summed E-state index contributed by atoms with van der Waals surface area (Å²) >= 11 is 16.5. The summed E-state index contributed by atoms with van der Waals surface area (Å²) in [5, 5.41) is 0.451. The highest BCUT2D eigenvalue weighted by molar-refractivity contribution is 9.10. The zero-order chi connectivity index (χ0) is 14.2. The molecule has 3 heteroatoms. The molecule has 0 radical (unpaired) electrons. The standard InChI is InChI=1S/C16H15BrCl2/c1-9-7-10(2)14(11(3)8-9)16(19)12-5-4-6-13(17)15(12)18/h4-8,16H,1-3H3. The lowest BCUT2D eigenvalue weighted by atomic mass is 9.94. The van der Waals surface area contributed by atoms with Gasteiger partial charge in [0.25, 0.3) is 0 Å². The Kier molecular flexibility index (Phi) is 4.60. The van der Waals surface area contributed by atoms with Crippen LogP contribution in [0.3, 0.4) is 0 Å². The van der Waals surface area contributed by atoms with Crippen molar-refractivity contribution < 1.29 is 0 Å². The molecule has 0 amide bonds. The predicted molar refractivity (Wildman–Crippen MR) is 87.5 cm³/mol. The molecule has 0 fully saturated rings. The molecule has 0 spiro atoms. The normalized spacial score (nSPS) is 12.5. The summed E-state index contributed by atoms with van der Waals surface area (Å²) in [6.45, 7) is 6.28. The molecular weight excluding hydrogens is 343 g/mol. The van der Waals surface area contributed by atoms with Crippen LogP contribution in [0.4, 0.5) is 0 Å². The van der Waals surface area contributed by atoms with E-state index in [9.17, 15) is 0 Å². The number of hydrogen-bond acceptors (Lipinski definition) is 0. The van der Waals surface area contributed by atoms with Crippen LogP contribution >= 0.6 is 39.1 Å². The van der Waals surface area contributed by atoms with E-state index in [0.29, 0.717) is 5.02 Å². The summed E-state index contributed by atoms with van der Waals surface area (Å²) in [7, 11) is 0. The van der Waals surface area contributed by atoms with Crippen molar-refractivity contribution in [2.24, 2.45) is 0 Å². The molecule has 100 valence electrons. The summed E-state index contributed by atoms with van der Waals surface area (Å²) in [5.41, 5.74) is 5.74. The highest BCUT2D eigenvalue weighted by atomic mass is 79.9. The van der Waals surface area contributed by atoms with Crippen LogP contribution in [0, 0.1) is 20.8 Å². The SMILES string of the molecule is Cc1cc(C)c(C(Cl)c2cccc(Br)c2Cl)c(C)c1. The Morgan fingerprint density at radius 3 is 2.21 bits per heavy atom. The van der Waals surface area contributed by atoms with Gasteiger partial charge in [-0.2, -0.15) is 0 Å². The summed E-state index contributed by atoms with van der Waals surface area (Å²) in [6.07, 6.45) is 0. The fourth-order valence-electron chi connectivity index (χ4n) is 2.46. The first kappa shape index (κ1) is 14.9. The fourth-order valence-corrected chi connectivity index (χ4v) is 3.66. The quantitative estimate of drug-likeness (QED) is 0.549. The molecule has 0 saturated carbocycles. The van der Waals surface area contributed by atoms with Gasteiger partial charge in [-0.25, -0.2) is 0 Å². The highest BCUT2D eigenvalue weighted by Crippen LogP contribution is 2.39. The molecule has 0 bridgehead atoms. The molecule has 1 atom stereocenters. The number of aryl methyl sites for hydroxylation is 3. The minimum atomic E-state index is -0.231. The molecule has 1 unspecified atom stereocenters. The first-order valence-electron chi connectivity index (χ1n) is 6.07. The molecule has 2 rings (SSSR count). The smallest absolute Gasteiger partial charge is 0.0855 e. The molecule has 0 heterocycles. The van der Waals surface area contributed by atoms with Gasteiger partial charge in [0, 0.05) is 4.47 Å². The second-order valence-electron chi connectivity index (χ2n) is 4.82. The zero-order valence-corrected chi connectivity index (χ0v) is 14.2. The summed E-state index contributed by atoms with van der Waals surface area (Å²) in [5.74, 6) is 0. The van der Waals surface area contributed by atoms with Crippen LogP contribution in [0.25, 0.3) is 0 Å². The molecule has 0 saturated heterocycles. The first-order chi connectivity index (χ1) is 8.91. The van der Waals surface area contributed by atoms with Crippen LogP contribution in [0.2, 0.25) is 5.02 Å². The maximum Gasteiger partial charge on any atom is 0.0855 e. The molecule has 0 nitrogen and oxygen atoms in total. The van der Waals surface area contributed by atoms with E-state index < -0.39 is 0 Å². The molecule has 2 aromatic rings. The average Bonchev–Trinajstić information content (AvgIpc) is 2.31. The number of rotatable bonds is 2. The molecule has 0 aliphatic rings. The van der Waals surface area contributed by atoms with Crippen LogP contribution in [0.15, 0.2) is 34.8 Å². The number of halogens is 3. The third-order valence-corrected chi connectivity index (χ3v) is 5.01. The fraction of sp³-hybridized carbons (Fsp3) is 0.250. The van der Waals surface area contributed by atoms with Gasteiger partial charge in [0.1, 0.15) is 0 Å². The Balaban J connectivity index is 2.56. The van der Waals surface area contributed by atoms with E-state index in [-0.39, 0.29) is 5.38 Å². The van der Waals surface area contributed by atoms with Gasteiger partial charge in [-0.05, 0) is 65.0 Å². The average molecular weight is 358 g/mol. The summed E-state index contributed by atoms with van der Waals surface area (Å²) < 4.78 is 0.875. The van der Waals surface area contributed by atoms with Crippen molar-refractivity contribution in [3.05, 3.63) is 67.6 Å². The second-order valence-corrected chi connectivity index (χ2v) is 6.49. The van der Waals surface area contributed by atoms with Crippen LogP contribution in [-0.4, -0.2) is 0 Å². The van der Waals surface area contributed by atoms with E-state index in [1.807, 2.05) is 18.2 Å². The van der Waals surface area contributed by atoms with Gasteiger partial charge in [0.2, 0.25) is 0 Å². The van der Waals surface area contributed by atoms with Crippen molar-refractivity contribution in [1.82, 2.24) is 0 Å². The molecule has 19 heavy (non-hydrogen) atoms. The topological polar surface area (TPSA) is 0 Å². The van der Waals surface area contributed by atoms with E-state index in [4.69, 9.17) is 23.2 Å². The van der Waals surface area contributed by atoms with Crippen molar-refractivity contribution in [3.63, 3.8) is 0 Å². The molecule has 2 aromatic carbocycles. The minimum absolute atomic E-state index is 0.231. The zero-order valence-electron chi connectivity index (χ0n) is 11.1. The summed E-state index contributed by atoms with van der Waals surface area (Å²) in [6, 6.07) is 10.2. The van der Waals surface area contributed by atoms with Crippen LogP contribution in [0.1, 0.15) is 33.2 Å². The van der Waals surface area contributed by atoms with Crippen molar-refractivity contribution in [1.29, 1.82) is 0 Å². The molecule has 0 aromatic heterocycles. The van der Waals surface area contributed by atoms with E-state index >= 15 is 0 Å². The predicted octanol–water partition coefficient (Wildman–Crippen LogP) is 6.36. The lowest BCUT2D eigenvalue weighted by molar-refractivity contribution is 1.07. The Bertz CT molecular complexity index is 597. The van der Waals surface area contributed by atoms with Crippen molar-refractivity contribution in [2.75, 3.05) is 0 Å². The Morgan fingerprint density at radius 1 is 1.05 bits per heavy atom. The largest absolute Gasteiger partial charge is 0.113 e. The van der Waals surface area contributed by atoms with Gasteiger partial charge in [0.05, 0.1) is 10.4 Å². The van der Waals surface area contributed by atoms with Crippen LogP contribution in [-0.2, 0) is 0 Å². The van der Waals surface area contributed by atoms with Gasteiger partial charge in [-0.3, -0.25) is 0 Å². The third-order valence-electron chi connectivity index (χ3n) is 3.25. The van der Waals surface area contributed by atoms with Crippen molar-refractivity contribution >= 4 is 39.1 Å². The summed E-state index contributed by atoms with van der Waals surface area (Å²) in [4.78, 5) is 0. The Labute approximate surface area is 132 Å². The number of benzene rings is 2. The maximum absolute atomic E-state index is 6.67. The minimum Gasteiger partial charge on any atom is -0.113 e. The number of alkyl halides is 1.